The first kappa shape index (κ1) is 19.1. The highest BCUT2D eigenvalue weighted by molar-refractivity contribution is 6.40. The lowest BCUT2D eigenvalue weighted by molar-refractivity contribution is -0.145. The summed E-state index contributed by atoms with van der Waals surface area (Å²) in [6, 6.07) is 3.06. The molecule has 1 aliphatic carbocycles. The minimum absolute atomic E-state index is 0.188. The number of anilines is 1. The Morgan fingerprint density at radius 3 is 2.73 bits per heavy atom. The molecule has 3 atom stereocenters. The van der Waals surface area contributed by atoms with E-state index < -0.39 is 30.4 Å². The van der Waals surface area contributed by atoms with Gasteiger partial charge in [-0.15, -0.1) is 0 Å². The number of rotatable bonds is 6. The number of hydrogen-bond acceptors (Lipinski definition) is 5. The molecule has 0 aromatic heterocycles. The molecule has 4 N–H and O–H groups in total. The van der Waals surface area contributed by atoms with Gasteiger partial charge in [0.25, 0.3) is 0 Å². The second kappa shape index (κ2) is 7.17. The summed E-state index contributed by atoms with van der Waals surface area (Å²) < 4.78 is 14.6. The fourth-order valence-electron chi connectivity index (χ4n) is 4.38. The van der Waals surface area contributed by atoms with Crippen LogP contribution in [0.15, 0.2) is 12.1 Å². The van der Waals surface area contributed by atoms with Crippen LogP contribution in [0, 0.1) is 11.7 Å². The smallest absolute Gasteiger partial charge is 0.451 e. The average Bonchev–Trinajstić information content (AvgIpc) is 3.09. The number of carbonyl (C=O) groups is 1. The summed E-state index contributed by atoms with van der Waals surface area (Å²) in [6.45, 7) is 2.55. The predicted octanol–water partition coefficient (Wildman–Crippen LogP) is 1.16. The van der Waals surface area contributed by atoms with Crippen molar-refractivity contribution >= 4 is 18.8 Å². The lowest BCUT2D eigenvalue weighted by Gasteiger charge is -2.29. The number of fused-ring (bicyclic) bond motifs is 1. The van der Waals surface area contributed by atoms with Gasteiger partial charge in [0.15, 0.2) is 0 Å². The number of halogens is 1. The lowest BCUT2D eigenvalue weighted by atomic mass is 9.72. The summed E-state index contributed by atoms with van der Waals surface area (Å²) >= 11 is 0. The maximum absolute atomic E-state index is 14.6. The molecule has 26 heavy (non-hydrogen) atoms. The van der Waals surface area contributed by atoms with Crippen LogP contribution in [0.4, 0.5) is 10.1 Å². The third kappa shape index (κ3) is 3.33. The van der Waals surface area contributed by atoms with Gasteiger partial charge in [0, 0.05) is 13.1 Å². The van der Waals surface area contributed by atoms with Crippen molar-refractivity contribution in [3.8, 4) is 0 Å². The summed E-state index contributed by atoms with van der Waals surface area (Å²) in [5, 5.41) is 37.7. The molecule has 0 spiro atoms. The molecule has 1 fully saturated rings. The van der Waals surface area contributed by atoms with Crippen LogP contribution in [-0.2, 0) is 16.6 Å². The van der Waals surface area contributed by atoms with E-state index in [1.54, 1.807) is 17.9 Å². The van der Waals surface area contributed by atoms with Crippen molar-refractivity contribution in [2.24, 2.45) is 5.92 Å². The summed E-state index contributed by atoms with van der Waals surface area (Å²) in [4.78, 5) is 13.9. The molecule has 1 heterocycles. The van der Waals surface area contributed by atoms with Gasteiger partial charge in [-0.2, -0.15) is 0 Å². The van der Waals surface area contributed by atoms with Crippen LogP contribution in [0.1, 0.15) is 37.3 Å². The number of aliphatic carboxylic acids is 1. The van der Waals surface area contributed by atoms with E-state index in [0.29, 0.717) is 55.6 Å². The summed E-state index contributed by atoms with van der Waals surface area (Å²) in [6.07, 6.45) is 1.74. The molecule has 0 unspecified atom stereocenters. The van der Waals surface area contributed by atoms with Crippen LogP contribution in [0.5, 0.6) is 0 Å². The molecule has 0 amide bonds. The van der Waals surface area contributed by atoms with Crippen molar-refractivity contribution in [1.29, 1.82) is 0 Å². The van der Waals surface area contributed by atoms with E-state index >= 15 is 0 Å². The van der Waals surface area contributed by atoms with Crippen LogP contribution in [0.3, 0.4) is 0 Å². The van der Waals surface area contributed by atoms with Gasteiger partial charge in [-0.05, 0) is 61.7 Å². The quantitative estimate of drug-likeness (QED) is 0.565. The second-order valence-electron chi connectivity index (χ2n) is 7.67. The van der Waals surface area contributed by atoms with Crippen LogP contribution >= 0.6 is 0 Å². The topological polar surface area (TPSA) is 101 Å². The second-order valence-corrected chi connectivity index (χ2v) is 7.67. The van der Waals surface area contributed by atoms with Gasteiger partial charge in [-0.25, -0.2) is 4.39 Å². The first-order valence-corrected chi connectivity index (χ1v) is 9.09. The molecule has 0 radical (unpaired) electrons. The zero-order valence-electron chi connectivity index (χ0n) is 14.9. The molecule has 8 heteroatoms. The number of benzene rings is 1. The highest BCUT2D eigenvalue weighted by Crippen LogP contribution is 2.47. The largest absolute Gasteiger partial charge is 0.481 e. The fraction of sp³-hybridized carbons (Fsp3) is 0.611. The molecule has 142 valence electrons. The third-order valence-corrected chi connectivity index (χ3v) is 5.98. The monoisotopic (exact) mass is 365 g/mol. The Balaban J connectivity index is 1.92. The van der Waals surface area contributed by atoms with Gasteiger partial charge < -0.3 is 25.2 Å². The molecular weight excluding hydrogens is 340 g/mol. The molecule has 0 saturated carbocycles. The van der Waals surface area contributed by atoms with Gasteiger partial charge in [0.1, 0.15) is 5.82 Å². The van der Waals surface area contributed by atoms with Crippen molar-refractivity contribution in [2.75, 3.05) is 18.0 Å². The van der Waals surface area contributed by atoms with E-state index in [9.17, 15) is 19.4 Å². The van der Waals surface area contributed by atoms with Crippen molar-refractivity contribution < 1.29 is 29.4 Å². The number of aliphatic hydroxyl groups excluding tert-OH is 1. The number of hydrogen-bond donors (Lipinski definition) is 4. The van der Waals surface area contributed by atoms with Crippen molar-refractivity contribution in [1.82, 2.24) is 0 Å². The Bertz CT molecular complexity index is 700. The van der Waals surface area contributed by atoms with Crippen molar-refractivity contribution in [3.05, 3.63) is 29.1 Å². The SMILES string of the molecule is C[C@@]1(C(=O)O)c2cc(N3CC[C@H](O)C3)c(F)cc2C[C@@H]1CCCB(O)O. The molecule has 6 nitrogen and oxygen atoms in total. The van der Waals surface area contributed by atoms with Crippen LogP contribution in [-0.4, -0.2) is 52.5 Å². The molecule has 0 bridgehead atoms. The van der Waals surface area contributed by atoms with Crippen LogP contribution < -0.4 is 4.90 Å². The van der Waals surface area contributed by atoms with Crippen LogP contribution in [0.2, 0.25) is 6.32 Å². The summed E-state index contributed by atoms with van der Waals surface area (Å²) in [5.41, 5.74) is 0.526. The normalized spacial score (nSPS) is 27.7. The van der Waals surface area contributed by atoms with E-state index in [2.05, 4.69) is 0 Å². The molecule has 1 aliphatic heterocycles. The van der Waals surface area contributed by atoms with Gasteiger partial charge in [-0.1, -0.05) is 6.42 Å². The van der Waals surface area contributed by atoms with Gasteiger partial charge >= 0.3 is 13.1 Å². The van der Waals surface area contributed by atoms with E-state index in [-0.39, 0.29) is 12.2 Å². The van der Waals surface area contributed by atoms with Crippen molar-refractivity contribution in [2.45, 2.75) is 50.4 Å². The average molecular weight is 365 g/mol. The fourth-order valence-corrected chi connectivity index (χ4v) is 4.38. The molecule has 3 rings (SSSR count). The Hall–Kier alpha value is -1.64. The first-order chi connectivity index (χ1) is 12.2. The Labute approximate surface area is 152 Å². The third-order valence-electron chi connectivity index (χ3n) is 5.98. The zero-order valence-corrected chi connectivity index (χ0v) is 14.9. The Kier molecular flexibility index (Phi) is 5.28. The molecular formula is C18H25BFNO5. The summed E-state index contributed by atoms with van der Waals surface area (Å²) in [7, 11) is -1.40. The number of nitrogens with zero attached hydrogens (tertiary/aromatic N) is 1. The standard InChI is InChI=1S/C18H25BFNO5/c1-18(17(23)24)12(3-2-5-19(25)26)7-11-8-15(20)16(9-14(11)18)21-6-4-13(22)10-21/h8-9,12-13,22,25-26H,2-7,10H2,1H3,(H,23,24)/t12-,13-,18-/m0/s1. The van der Waals surface area contributed by atoms with E-state index in [1.807, 2.05) is 0 Å². The van der Waals surface area contributed by atoms with E-state index in [0.717, 1.165) is 0 Å². The summed E-state index contributed by atoms with van der Waals surface area (Å²) in [5.74, 6) is -1.57. The number of β-amino-alcohol motifs (C(OH)–C–C–N with tert-alkyl or cyclic N) is 1. The lowest BCUT2D eigenvalue weighted by Crippen LogP contribution is -2.37. The Morgan fingerprint density at radius 1 is 1.42 bits per heavy atom. The van der Waals surface area contributed by atoms with E-state index in [4.69, 9.17) is 10.0 Å². The molecule has 1 aromatic rings. The van der Waals surface area contributed by atoms with Gasteiger partial charge in [0.05, 0.1) is 17.2 Å². The van der Waals surface area contributed by atoms with Gasteiger partial charge in [-0.3, -0.25) is 4.79 Å². The number of aliphatic hydroxyl groups is 1. The zero-order chi connectivity index (χ0) is 19.1. The number of carboxylic acid groups (broad SMARTS) is 1. The maximum Gasteiger partial charge on any atom is 0.451 e. The number of carboxylic acids is 1. The molecule has 1 saturated heterocycles. The minimum Gasteiger partial charge on any atom is -0.481 e. The van der Waals surface area contributed by atoms with Crippen LogP contribution in [0.25, 0.3) is 0 Å². The molecule has 1 aromatic carbocycles. The highest BCUT2D eigenvalue weighted by atomic mass is 19.1. The van der Waals surface area contributed by atoms with E-state index in [1.165, 1.54) is 6.07 Å². The van der Waals surface area contributed by atoms with Gasteiger partial charge in [0.2, 0.25) is 0 Å². The van der Waals surface area contributed by atoms with Crippen molar-refractivity contribution in [3.63, 3.8) is 0 Å². The minimum atomic E-state index is -1.40. The maximum atomic E-state index is 14.6. The highest BCUT2D eigenvalue weighted by Gasteiger charge is 2.49. The first-order valence-electron chi connectivity index (χ1n) is 9.09. The predicted molar refractivity (Wildman–Crippen MR) is 95.7 cm³/mol. The Morgan fingerprint density at radius 2 is 2.15 bits per heavy atom. The molecule has 2 aliphatic rings.